The number of nitrogens with zero attached hydrogens (tertiary/aromatic N) is 2. The molecule has 1 aliphatic heterocycles. The van der Waals surface area contributed by atoms with Gasteiger partial charge in [-0.3, -0.25) is 4.79 Å². The SMILES string of the molecule is Cc1nc2cc(NC(=O)c3cccnc3O[C@H]3CCSC3)ccc2s1. The summed E-state index contributed by atoms with van der Waals surface area (Å²) in [6.07, 6.45) is 2.77. The smallest absolute Gasteiger partial charge is 0.261 e. The van der Waals surface area contributed by atoms with Crippen LogP contribution in [0.15, 0.2) is 36.5 Å². The van der Waals surface area contributed by atoms with Crippen LogP contribution >= 0.6 is 23.1 Å². The Morgan fingerprint density at radius 1 is 1.36 bits per heavy atom. The Morgan fingerprint density at radius 3 is 3.12 bits per heavy atom. The lowest BCUT2D eigenvalue weighted by atomic mass is 10.2. The largest absolute Gasteiger partial charge is 0.473 e. The van der Waals surface area contributed by atoms with Crippen molar-refractivity contribution in [2.45, 2.75) is 19.4 Å². The number of benzene rings is 1. The average Bonchev–Trinajstić information content (AvgIpc) is 3.23. The van der Waals surface area contributed by atoms with Crippen LogP contribution in [0.1, 0.15) is 21.8 Å². The Balaban J connectivity index is 1.55. The van der Waals surface area contributed by atoms with Gasteiger partial charge in [-0.05, 0) is 49.4 Å². The van der Waals surface area contributed by atoms with E-state index in [1.165, 1.54) is 0 Å². The highest BCUT2D eigenvalue weighted by molar-refractivity contribution is 7.99. The normalized spacial score (nSPS) is 16.9. The molecule has 0 saturated carbocycles. The van der Waals surface area contributed by atoms with E-state index in [-0.39, 0.29) is 12.0 Å². The first-order valence-corrected chi connectivity index (χ1v) is 10.0. The lowest BCUT2D eigenvalue weighted by Crippen LogP contribution is -2.20. The fourth-order valence-electron chi connectivity index (χ4n) is 2.74. The summed E-state index contributed by atoms with van der Waals surface area (Å²) < 4.78 is 7.05. The molecule has 1 amide bonds. The molecular weight excluding hydrogens is 354 g/mol. The maximum Gasteiger partial charge on any atom is 0.261 e. The summed E-state index contributed by atoms with van der Waals surface area (Å²) >= 11 is 3.50. The number of amides is 1. The Kier molecular flexibility index (Phi) is 4.59. The molecule has 7 heteroatoms. The summed E-state index contributed by atoms with van der Waals surface area (Å²) in [5, 5.41) is 3.94. The molecule has 4 rings (SSSR count). The number of carbonyl (C=O) groups excluding carboxylic acids is 1. The predicted molar refractivity (Wildman–Crippen MR) is 103 cm³/mol. The third kappa shape index (κ3) is 3.62. The van der Waals surface area contributed by atoms with Gasteiger partial charge in [-0.15, -0.1) is 11.3 Å². The van der Waals surface area contributed by atoms with Crippen molar-refractivity contribution in [2.24, 2.45) is 0 Å². The standard InChI is InChI=1S/C18H17N3O2S2/c1-11-20-15-9-12(4-5-16(15)25-11)21-17(22)14-3-2-7-19-18(14)23-13-6-8-24-10-13/h2-5,7,9,13H,6,8,10H2,1H3,(H,21,22)/t13-/m0/s1. The van der Waals surface area contributed by atoms with Gasteiger partial charge in [-0.2, -0.15) is 11.8 Å². The van der Waals surface area contributed by atoms with Crippen LogP contribution in [0.3, 0.4) is 0 Å². The molecule has 1 fully saturated rings. The van der Waals surface area contributed by atoms with E-state index >= 15 is 0 Å². The monoisotopic (exact) mass is 371 g/mol. The molecule has 1 atom stereocenters. The summed E-state index contributed by atoms with van der Waals surface area (Å²) in [6.45, 7) is 1.98. The number of rotatable bonds is 4. The lowest BCUT2D eigenvalue weighted by molar-refractivity contribution is 0.101. The lowest BCUT2D eigenvalue weighted by Gasteiger charge is -2.14. The highest BCUT2D eigenvalue weighted by atomic mass is 32.2. The zero-order valence-corrected chi connectivity index (χ0v) is 15.3. The molecule has 5 nitrogen and oxygen atoms in total. The van der Waals surface area contributed by atoms with Gasteiger partial charge in [0.05, 0.1) is 15.2 Å². The van der Waals surface area contributed by atoms with Gasteiger partial charge < -0.3 is 10.1 Å². The highest BCUT2D eigenvalue weighted by Gasteiger charge is 2.21. The van der Waals surface area contributed by atoms with Crippen LogP contribution in [0.2, 0.25) is 0 Å². The van der Waals surface area contributed by atoms with Crippen LogP contribution in [-0.2, 0) is 0 Å². The minimum Gasteiger partial charge on any atom is -0.473 e. The molecule has 1 aliphatic rings. The molecule has 3 aromatic rings. The molecule has 0 bridgehead atoms. The van der Waals surface area contributed by atoms with Crippen molar-refractivity contribution in [1.82, 2.24) is 9.97 Å². The number of thiazole rings is 1. The second-order valence-corrected chi connectivity index (χ2v) is 8.21. The first-order valence-electron chi connectivity index (χ1n) is 8.07. The van der Waals surface area contributed by atoms with Crippen molar-refractivity contribution in [2.75, 3.05) is 16.8 Å². The minimum absolute atomic E-state index is 0.126. The van der Waals surface area contributed by atoms with Gasteiger partial charge >= 0.3 is 0 Å². The fourth-order valence-corrected chi connectivity index (χ4v) is 4.64. The summed E-state index contributed by atoms with van der Waals surface area (Å²) in [5.74, 6) is 2.21. The van der Waals surface area contributed by atoms with E-state index in [0.29, 0.717) is 17.1 Å². The first-order chi connectivity index (χ1) is 12.2. The van der Waals surface area contributed by atoms with Crippen LogP contribution < -0.4 is 10.1 Å². The summed E-state index contributed by atoms with van der Waals surface area (Å²) in [4.78, 5) is 21.4. The fraction of sp³-hybridized carbons (Fsp3) is 0.278. The van der Waals surface area contributed by atoms with E-state index in [9.17, 15) is 4.79 Å². The molecular formula is C18H17N3O2S2. The van der Waals surface area contributed by atoms with Crippen molar-refractivity contribution in [1.29, 1.82) is 0 Å². The number of anilines is 1. The summed E-state index contributed by atoms with van der Waals surface area (Å²) in [5.41, 5.74) is 2.06. The second kappa shape index (κ2) is 7.01. The number of thioether (sulfide) groups is 1. The number of hydrogen-bond donors (Lipinski definition) is 1. The number of fused-ring (bicyclic) bond motifs is 1. The number of aromatic nitrogens is 2. The molecule has 0 spiro atoms. The zero-order valence-electron chi connectivity index (χ0n) is 13.7. The van der Waals surface area contributed by atoms with Crippen LogP contribution in [-0.4, -0.2) is 33.5 Å². The molecule has 0 unspecified atom stereocenters. The van der Waals surface area contributed by atoms with Crippen LogP contribution in [0, 0.1) is 6.92 Å². The quantitative estimate of drug-likeness (QED) is 0.747. The van der Waals surface area contributed by atoms with E-state index < -0.39 is 0 Å². The molecule has 128 valence electrons. The first kappa shape index (κ1) is 16.4. The van der Waals surface area contributed by atoms with E-state index in [1.807, 2.05) is 36.9 Å². The van der Waals surface area contributed by atoms with E-state index in [4.69, 9.17) is 4.74 Å². The zero-order chi connectivity index (χ0) is 17.2. The summed E-state index contributed by atoms with van der Waals surface area (Å²) in [7, 11) is 0. The van der Waals surface area contributed by atoms with Crippen molar-refractivity contribution >= 4 is 44.9 Å². The van der Waals surface area contributed by atoms with Gasteiger partial charge in [-0.1, -0.05) is 0 Å². The number of ether oxygens (including phenoxy) is 1. The van der Waals surface area contributed by atoms with E-state index in [2.05, 4.69) is 15.3 Å². The van der Waals surface area contributed by atoms with Crippen molar-refractivity contribution in [3.63, 3.8) is 0 Å². The number of aryl methyl sites for hydroxylation is 1. The number of carbonyl (C=O) groups is 1. The third-order valence-electron chi connectivity index (χ3n) is 3.93. The molecule has 0 aliphatic carbocycles. The van der Waals surface area contributed by atoms with E-state index in [1.54, 1.807) is 29.7 Å². The Bertz CT molecular complexity index is 920. The predicted octanol–water partition coefficient (Wildman–Crippen LogP) is 4.14. The van der Waals surface area contributed by atoms with Crippen LogP contribution in [0.5, 0.6) is 5.88 Å². The number of nitrogens with one attached hydrogen (secondary N) is 1. The topological polar surface area (TPSA) is 64.1 Å². The second-order valence-electron chi connectivity index (χ2n) is 5.83. The van der Waals surface area contributed by atoms with Crippen molar-refractivity contribution in [3.8, 4) is 5.88 Å². The maximum absolute atomic E-state index is 12.7. The Labute approximate surface area is 153 Å². The number of pyridine rings is 1. The third-order valence-corrected chi connectivity index (χ3v) is 6.02. The maximum atomic E-state index is 12.7. The highest BCUT2D eigenvalue weighted by Crippen LogP contribution is 2.27. The molecule has 0 radical (unpaired) electrons. The molecule has 1 N–H and O–H groups in total. The molecule has 3 heterocycles. The van der Waals surface area contributed by atoms with Crippen molar-refractivity contribution in [3.05, 3.63) is 47.1 Å². The van der Waals surface area contributed by atoms with Gasteiger partial charge in [0.15, 0.2) is 0 Å². The molecule has 1 aromatic carbocycles. The van der Waals surface area contributed by atoms with Crippen LogP contribution in [0.25, 0.3) is 10.2 Å². The van der Waals surface area contributed by atoms with E-state index in [0.717, 1.165) is 33.2 Å². The van der Waals surface area contributed by atoms with Crippen molar-refractivity contribution < 1.29 is 9.53 Å². The van der Waals surface area contributed by atoms with Gasteiger partial charge in [-0.25, -0.2) is 9.97 Å². The Morgan fingerprint density at radius 2 is 2.28 bits per heavy atom. The number of hydrogen-bond acceptors (Lipinski definition) is 6. The van der Waals surface area contributed by atoms with Gasteiger partial charge in [0.25, 0.3) is 5.91 Å². The van der Waals surface area contributed by atoms with Gasteiger partial charge in [0, 0.05) is 17.6 Å². The minimum atomic E-state index is -0.222. The average molecular weight is 371 g/mol. The Hall–Kier alpha value is -2.12. The molecule has 1 saturated heterocycles. The van der Waals surface area contributed by atoms with Gasteiger partial charge in [0.1, 0.15) is 11.7 Å². The van der Waals surface area contributed by atoms with Gasteiger partial charge in [0.2, 0.25) is 5.88 Å². The summed E-state index contributed by atoms with van der Waals surface area (Å²) in [6, 6.07) is 9.25. The van der Waals surface area contributed by atoms with Crippen LogP contribution in [0.4, 0.5) is 5.69 Å². The molecule has 25 heavy (non-hydrogen) atoms. The molecule has 2 aromatic heterocycles.